The molecule has 0 aromatic heterocycles. The first-order valence-electron chi connectivity index (χ1n) is 4.94. The monoisotopic (exact) mass is 255 g/mol. The van der Waals surface area contributed by atoms with Gasteiger partial charge in [-0.3, -0.25) is 9.59 Å². The maximum atomic E-state index is 11.9. The fourth-order valence-electron chi connectivity index (χ4n) is 1.58. The fourth-order valence-corrected chi connectivity index (χ4v) is 1.58. The van der Waals surface area contributed by atoms with Crippen LogP contribution in [0.4, 0.5) is 13.2 Å². The molecule has 1 saturated heterocycles. The topological polar surface area (TPSA) is 75.6 Å². The Bertz CT molecular complexity index is 310. The Balaban J connectivity index is 2.63. The molecule has 0 atom stereocenters. The maximum Gasteiger partial charge on any atom is 0.471 e. The van der Waals surface area contributed by atoms with Gasteiger partial charge in [-0.15, -0.1) is 0 Å². The van der Waals surface area contributed by atoms with Crippen LogP contribution in [0, 0.1) is 5.41 Å². The van der Waals surface area contributed by atoms with Crippen LogP contribution in [0.2, 0.25) is 0 Å². The van der Waals surface area contributed by atoms with Crippen molar-refractivity contribution in [3.63, 3.8) is 0 Å². The van der Waals surface area contributed by atoms with E-state index in [0.29, 0.717) is 0 Å². The van der Waals surface area contributed by atoms with E-state index in [0.717, 1.165) is 0 Å². The minimum absolute atomic E-state index is 0.0838. The van der Waals surface area contributed by atoms with Crippen molar-refractivity contribution in [1.82, 2.24) is 5.32 Å². The third-order valence-corrected chi connectivity index (χ3v) is 2.75. The van der Waals surface area contributed by atoms with Crippen LogP contribution in [0.5, 0.6) is 0 Å². The summed E-state index contributed by atoms with van der Waals surface area (Å²) in [5.41, 5.74) is -1.36. The highest BCUT2D eigenvalue weighted by Crippen LogP contribution is 2.30. The molecule has 0 spiro atoms. The zero-order valence-electron chi connectivity index (χ0n) is 8.84. The Kier molecular flexibility index (Phi) is 3.97. The predicted octanol–water partition coefficient (Wildman–Crippen LogP) is 0.546. The van der Waals surface area contributed by atoms with E-state index >= 15 is 0 Å². The zero-order valence-corrected chi connectivity index (χ0v) is 8.84. The van der Waals surface area contributed by atoms with E-state index in [-0.39, 0.29) is 26.1 Å². The molecular formula is C9H12F3NO4. The van der Waals surface area contributed by atoms with Crippen molar-refractivity contribution in [2.45, 2.75) is 19.0 Å². The Morgan fingerprint density at radius 1 is 1.29 bits per heavy atom. The molecule has 1 heterocycles. The number of aliphatic carboxylic acids is 1. The van der Waals surface area contributed by atoms with E-state index in [1.807, 2.05) is 0 Å². The summed E-state index contributed by atoms with van der Waals surface area (Å²) in [4.78, 5) is 21.7. The molecule has 8 heteroatoms. The average Bonchev–Trinajstić information content (AvgIpc) is 2.25. The molecule has 1 aliphatic heterocycles. The number of halogens is 3. The number of alkyl halides is 3. The number of hydrogen-bond donors (Lipinski definition) is 2. The number of carboxylic acids is 1. The van der Waals surface area contributed by atoms with Crippen LogP contribution in [-0.2, 0) is 14.3 Å². The second-order valence-electron chi connectivity index (χ2n) is 3.88. The molecule has 0 unspecified atom stereocenters. The van der Waals surface area contributed by atoms with Crippen molar-refractivity contribution < 1.29 is 32.6 Å². The van der Waals surface area contributed by atoms with E-state index < -0.39 is 30.0 Å². The van der Waals surface area contributed by atoms with Gasteiger partial charge in [0.2, 0.25) is 0 Å². The predicted molar refractivity (Wildman–Crippen MR) is 49.2 cm³/mol. The third-order valence-electron chi connectivity index (χ3n) is 2.75. The van der Waals surface area contributed by atoms with Crippen LogP contribution in [-0.4, -0.2) is 42.9 Å². The lowest BCUT2D eigenvalue weighted by Gasteiger charge is -2.33. The van der Waals surface area contributed by atoms with Crippen LogP contribution < -0.4 is 5.32 Å². The standard InChI is InChI=1S/C9H12F3NO4/c10-9(11,12)6(14)13-5-8(7(15)16)1-3-17-4-2-8/h1-5H2,(H,13,14)(H,15,16). The minimum atomic E-state index is -5.00. The highest BCUT2D eigenvalue weighted by atomic mass is 19.4. The van der Waals surface area contributed by atoms with Gasteiger partial charge in [-0.05, 0) is 12.8 Å². The van der Waals surface area contributed by atoms with Crippen LogP contribution >= 0.6 is 0 Å². The molecule has 98 valence electrons. The molecule has 0 aliphatic carbocycles. The summed E-state index contributed by atoms with van der Waals surface area (Å²) in [5.74, 6) is -3.34. The van der Waals surface area contributed by atoms with Gasteiger partial charge in [-0.1, -0.05) is 0 Å². The summed E-state index contributed by atoms with van der Waals surface area (Å²) in [6, 6.07) is 0. The molecule has 1 aliphatic rings. The number of carboxylic acid groups (broad SMARTS) is 1. The first-order chi connectivity index (χ1) is 7.78. The second-order valence-corrected chi connectivity index (χ2v) is 3.88. The molecule has 0 bridgehead atoms. The summed E-state index contributed by atoms with van der Waals surface area (Å²) in [6.07, 6.45) is -4.83. The van der Waals surface area contributed by atoms with Gasteiger partial charge < -0.3 is 15.2 Å². The summed E-state index contributed by atoms with van der Waals surface area (Å²) in [5, 5.41) is 10.6. The van der Waals surface area contributed by atoms with Crippen LogP contribution in [0.15, 0.2) is 0 Å². The van der Waals surface area contributed by atoms with Crippen LogP contribution in [0.25, 0.3) is 0 Å². The van der Waals surface area contributed by atoms with Crippen molar-refractivity contribution >= 4 is 11.9 Å². The van der Waals surface area contributed by atoms with E-state index in [4.69, 9.17) is 9.84 Å². The van der Waals surface area contributed by atoms with Gasteiger partial charge in [0.15, 0.2) is 0 Å². The Morgan fingerprint density at radius 3 is 2.24 bits per heavy atom. The molecule has 1 fully saturated rings. The van der Waals surface area contributed by atoms with Crippen LogP contribution in [0.1, 0.15) is 12.8 Å². The molecule has 1 amide bonds. The van der Waals surface area contributed by atoms with Crippen molar-refractivity contribution in [1.29, 1.82) is 0 Å². The smallest absolute Gasteiger partial charge is 0.471 e. The highest BCUT2D eigenvalue weighted by Gasteiger charge is 2.44. The first-order valence-corrected chi connectivity index (χ1v) is 4.94. The van der Waals surface area contributed by atoms with Gasteiger partial charge in [-0.2, -0.15) is 13.2 Å². The number of hydrogen-bond acceptors (Lipinski definition) is 3. The summed E-state index contributed by atoms with van der Waals surface area (Å²) in [6.45, 7) is -0.216. The minimum Gasteiger partial charge on any atom is -0.481 e. The molecule has 0 aromatic carbocycles. The third kappa shape index (κ3) is 3.32. The molecule has 0 radical (unpaired) electrons. The van der Waals surface area contributed by atoms with Gasteiger partial charge >= 0.3 is 18.1 Å². The fraction of sp³-hybridized carbons (Fsp3) is 0.778. The molecule has 1 rings (SSSR count). The Hall–Kier alpha value is -1.31. The van der Waals surface area contributed by atoms with Gasteiger partial charge in [0.05, 0.1) is 5.41 Å². The lowest BCUT2D eigenvalue weighted by molar-refractivity contribution is -0.175. The largest absolute Gasteiger partial charge is 0.481 e. The molecule has 0 aromatic rings. The molecule has 5 nitrogen and oxygen atoms in total. The maximum absolute atomic E-state index is 11.9. The van der Waals surface area contributed by atoms with Crippen molar-refractivity contribution in [2.75, 3.05) is 19.8 Å². The van der Waals surface area contributed by atoms with Gasteiger partial charge in [0, 0.05) is 19.8 Å². The molecule has 17 heavy (non-hydrogen) atoms. The lowest BCUT2D eigenvalue weighted by Crippen LogP contribution is -2.49. The molecule has 0 saturated carbocycles. The second kappa shape index (κ2) is 4.91. The summed E-state index contributed by atoms with van der Waals surface area (Å²) in [7, 11) is 0. The van der Waals surface area contributed by atoms with Gasteiger partial charge in [0.1, 0.15) is 0 Å². The van der Waals surface area contributed by atoms with Crippen molar-refractivity contribution in [3.8, 4) is 0 Å². The lowest BCUT2D eigenvalue weighted by atomic mass is 9.80. The van der Waals surface area contributed by atoms with Gasteiger partial charge in [0.25, 0.3) is 0 Å². The number of nitrogens with one attached hydrogen (secondary N) is 1. The quantitative estimate of drug-likeness (QED) is 0.772. The van der Waals surface area contributed by atoms with E-state index in [9.17, 15) is 22.8 Å². The number of amides is 1. The van der Waals surface area contributed by atoms with E-state index in [1.54, 1.807) is 5.32 Å². The number of ether oxygens (including phenoxy) is 1. The number of carbonyl (C=O) groups is 2. The molecule has 2 N–H and O–H groups in total. The van der Waals surface area contributed by atoms with E-state index in [1.165, 1.54) is 0 Å². The normalized spacial score (nSPS) is 19.7. The SMILES string of the molecule is O=C(NCC1(C(=O)O)CCOCC1)C(F)(F)F. The first kappa shape index (κ1) is 13.8. The van der Waals surface area contributed by atoms with Crippen LogP contribution in [0.3, 0.4) is 0 Å². The van der Waals surface area contributed by atoms with E-state index in [2.05, 4.69) is 0 Å². The van der Waals surface area contributed by atoms with Gasteiger partial charge in [-0.25, -0.2) is 0 Å². The van der Waals surface area contributed by atoms with Crippen molar-refractivity contribution in [2.24, 2.45) is 5.41 Å². The Morgan fingerprint density at radius 2 is 1.82 bits per heavy atom. The number of carbonyl (C=O) groups excluding carboxylic acids is 1. The summed E-state index contributed by atoms with van der Waals surface area (Å²) >= 11 is 0. The Labute approximate surface area is 94.9 Å². The number of rotatable bonds is 3. The highest BCUT2D eigenvalue weighted by molar-refractivity contribution is 5.83. The average molecular weight is 255 g/mol. The van der Waals surface area contributed by atoms with Crippen molar-refractivity contribution in [3.05, 3.63) is 0 Å². The summed E-state index contributed by atoms with van der Waals surface area (Å²) < 4.78 is 40.8. The molecular weight excluding hydrogens is 243 g/mol. The zero-order chi connectivity index (χ0) is 13.1.